The lowest BCUT2D eigenvalue weighted by Crippen LogP contribution is -2.42. The maximum atomic E-state index is 6.67. The van der Waals surface area contributed by atoms with Crippen molar-refractivity contribution >= 4 is 11.6 Å². The third-order valence-corrected chi connectivity index (χ3v) is 6.03. The lowest BCUT2D eigenvalue weighted by Gasteiger charge is -2.45. The fourth-order valence-electron chi connectivity index (χ4n) is 4.06. The maximum Gasteiger partial charge on any atom is 0.0441 e. The zero-order chi connectivity index (χ0) is 18.8. The first-order valence-electron chi connectivity index (χ1n) is 9.64. The van der Waals surface area contributed by atoms with Crippen molar-refractivity contribution in [3.63, 3.8) is 0 Å². The number of rotatable bonds is 6. The van der Waals surface area contributed by atoms with Crippen LogP contribution < -0.4 is 0 Å². The van der Waals surface area contributed by atoms with Gasteiger partial charge in [-0.15, -0.1) is 0 Å². The van der Waals surface area contributed by atoms with Crippen LogP contribution in [0.5, 0.6) is 0 Å². The van der Waals surface area contributed by atoms with Gasteiger partial charge in [-0.2, -0.15) is 0 Å². The molecule has 2 aromatic rings. The molecule has 0 aliphatic heterocycles. The van der Waals surface area contributed by atoms with Crippen LogP contribution in [-0.4, -0.2) is 23.5 Å². The first kappa shape index (κ1) is 19.4. The molecule has 0 atom stereocenters. The molecule has 26 heavy (non-hydrogen) atoms. The molecule has 0 unspecified atom stereocenters. The fourth-order valence-corrected chi connectivity index (χ4v) is 4.31. The second kappa shape index (κ2) is 7.70. The fraction of sp³-hybridized carbons (Fsp3) is 0.522. The summed E-state index contributed by atoms with van der Waals surface area (Å²) in [4.78, 5) is 6.67. The smallest absolute Gasteiger partial charge is 0.0441 e. The molecule has 1 aromatic heterocycles. The Hall–Kier alpha value is -1.38. The van der Waals surface area contributed by atoms with Crippen LogP contribution in [0, 0.1) is 5.41 Å². The molecule has 1 aliphatic rings. The van der Waals surface area contributed by atoms with Crippen LogP contribution in [0.3, 0.4) is 0 Å². The summed E-state index contributed by atoms with van der Waals surface area (Å²) in [6.45, 7) is 8.77. The Kier molecular flexibility index (Phi) is 5.74. The Morgan fingerprint density at radius 2 is 1.96 bits per heavy atom. The summed E-state index contributed by atoms with van der Waals surface area (Å²) in [7, 11) is 2.22. The topological polar surface area (TPSA) is 16.1 Å². The molecule has 3 rings (SSSR count). The third kappa shape index (κ3) is 4.66. The molecule has 1 fully saturated rings. The SMILES string of the molecule is CN(Cc1cccnc1)CC1(Cc2ccc(C(C)(C)C)cc2Cl)CCC1. The lowest BCUT2D eigenvalue weighted by molar-refractivity contribution is 0.0755. The number of nitrogens with zero attached hydrogens (tertiary/aromatic N) is 2. The first-order chi connectivity index (χ1) is 12.3. The molecule has 0 bridgehead atoms. The average Bonchev–Trinajstić information content (AvgIpc) is 2.54. The molecule has 0 radical (unpaired) electrons. The van der Waals surface area contributed by atoms with Gasteiger partial charge in [-0.3, -0.25) is 4.98 Å². The number of hydrogen-bond donors (Lipinski definition) is 0. The standard InChI is InChI=1S/C23H31ClN2/c1-22(2,3)20-9-8-19(21(24)13-20)14-23(10-6-11-23)17-26(4)16-18-7-5-12-25-15-18/h5,7-9,12-13,15H,6,10-11,14,16-17H2,1-4H3. The van der Waals surface area contributed by atoms with Crippen molar-refractivity contribution in [3.05, 3.63) is 64.4 Å². The van der Waals surface area contributed by atoms with E-state index < -0.39 is 0 Å². The minimum Gasteiger partial charge on any atom is -0.301 e. The summed E-state index contributed by atoms with van der Waals surface area (Å²) < 4.78 is 0. The second-order valence-electron chi connectivity index (χ2n) is 9.12. The molecule has 1 saturated carbocycles. The van der Waals surface area contributed by atoms with Crippen molar-refractivity contribution in [3.8, 4) is 0 Å². The van der Waals surface area contributed by atoms with E-state index in [0.717, 1.165) is 24.5 Å². The molecule has 1 aliphatic carbocycles. The summed E-state index contributed by atoms with van der Waals surface area (Å²) in [6.07, 6.45) is 8.79. The van der Waals surface area contributed by atoms with Gasteiger partial charge in [0.25, 0.3) is 0 Å². The van der Waals surface area contributed by atoms with E-state index in [4.69, 9.17) is 11.6 Å². The molecule has 2 nitrogen and oxygen atoms in total. The van der Waals surface area contributed by atoms with Gasteiger partial charge >= 0.3 is 0 Å². The molecule has 3 heteroatoms. The minimum atomic E-state index is 0.139. The van der Waals surface area contributed by atoms with E-state index >= 15 is 0 Å². The van der Waals surface area contributed by atoms with Gasteiger partial charge in [0.15, 0.2) is 0 Å². The molecule has 1 heterocycles. The van der Waals surface area contributed by atoms with Gasteiger partial charge in [-0.1, -0.05) is 57.0 Å². The zero-order valence-electron chi connectivity index (χ0n) is 16.6. The molecular weight excluding hydrogens is 340 g/mol. The molecule has 0 N–H and O–H groups in total. The quantitative estimate of drug-likeness (QED) is 0.631. The van der Waals surface area contributed by atoms with E-state index in [1.54, 1.807) is 0 Å². The normalized spacial score (nSPS) is 16.5. The highest BCUT2D eigenvalue weighted by molar-refractivity contribution is 6.31. The van der Waals surface area contributed by atoms with Gasteiger partial charge < -0.3 is 4.90 Å². The van der Waals surface area contributed by atoms with Crippen LogP contribution >= 0.6 is 11.6 Å². The Bertz CT molecular complexity index is 730. The Labute approximate surface area is 163 Å². The highest BCUT2D eigenvalue weighted by atomic mass is 35.5. The van der Waals surface area contributed by atoms with Gasteiger partial charge in [-0.05, 0) is 66.0 Å². The molecule has 0 spiro atoms. The van der Waals surface area contributed by atoms with Crippen molar-refractivity contribution in [1.29, 1.82) is 0 Å². The highest BCUT2D eigenvalue weighted by Gasteiger charge is 2.38. The molecular formula is C23H31ClN2. The van der Waals surface area contributed by atoms with Gasteiger partial charge in [0.2, 0.25) is 0 Å². The number of aromatic nitrogens is 1. The van der Waals surface area contributed by atoms with Crippen LogP contribution in [-0.2, 0) is 18.4 Å². The molecule has 1 aromatic carbocycles. The second-order valence-corrected chi connectivity index (χ2v) is 9.53. The Balaban J connectivity index is 1.68. The summed E-state index contributed by atoms with van der Waals surface area (Å²) in [5.41, 5.74) is 4.39. The molecule has 0 saturated heterocycles. The van der Waals surface area contributed by atoms with E-state index in [0.29, 0.717) is 5.41 Å². The largest absolute Gasteiger partial charge is 0.301 e. The summed E-state index contributed by atoms with van der Waals surface area (Å²) in [5, 5.41) is 0.929. The Morgan fingerprint density at radius 3 is 2.50 bits per heavy atom. The van der Waals surface area contributed by atoms with Crippen LogP contribution in [0.2, 0.25) is 5.02 Å². The maximum absolute atomic E-state index is 6.67. The van der Waals surface area contributed by atoms with E-state index in [9.17, 15) is 0 Å². The Morgan fingerprint density at radius 1 is 1.19 bits per heavy atom. The minimum absolute atomic E-state index is 0.139. The van der Waals surface area contributed by atoms with Gasteiger partial charge in [0, 0.05) is 30.5 Å². The summed E-state index contributed by atoms with van der Waals surface area (Å²) in [6, 6.07) is 10.8. The average molecular weight is 371 g/mol. The number of halogens is 1. The van der Waals surface area contributed by atoms with E-state index in [1.165, 1.54) is 36.0 Å². The van der Waals surface area contributed by atoms with Crippen LogP contribution in [0.1, 0.15) is 56.7 Å². The van der Waals surface area contributed by atoms with Crippen LogP contribution in [0.25, 0.3) is 0 Å². The lowest BCUT2D eigenvalue weighted by atomic mass is 9.65. The van der Waals surface area contributed by atoms with E-state index in [2.05, 4.69) is 62.0 Å². The van der Waals surface area contributed by atoms with Gasteiger partial charge in [0.05, 0.1) is 0 Å². The summed E-state index contributed by atoms with van der Waals surface area (Å²) in [5.74, 6) is 0. The van der Waals surface area contributed by atoms with Gasteiger partial charge in [0.1, 0.15) is 0 Å². The zero-order valence-corrected chi connectivity index (χ0v) is 17.3. The monoisotopic (exact) mass is 370 g/mol. The highest BCUT2D eigenvalue weighted by Crippen LogP contribution is 2.45. The molecule has 0 amide bonds. The first-order valence-corrected chi connectivity index (χ1v) is 10.0. The third-order valence-electron chi connectivity index (χ3n) is 5.68. The van der Waals surface area contributed by atoms with Gasteiger partial charge in [-0.25, -0.2) is 0 Å². The van der Waals surface area contributed by atoms with Crippen molar-refractivity contribution in [2.75, 3.05) is 13.6 Å². The van der Waals surface area contributed by atoms with Crippen LogP contribution in [0.4, 0.5) is 0 Å². The van der Waals surface area contributed by atoms with Crippen molar-refractivity contribution < 1.29 is 0 Å². The van der Waals surface area contributed by atoms with E-state index in [1.807, 2.05) is 18.5 Å². The van der Waals surface area contributed by atoms with Crippen molar-refractivity contribution in [2.45, 2.75) is 58.4 Å². The predicted octanol–water partition coefficient (Wildman–Crippen LogP) is 5.88. The van der Waals surface area contributed by atoms with Crippen molar-refractivity contribution in [1.82, 2.24) is 9.88 Å². The van der Waals surface area contributed by atoms with Crippen molar-refractivity contribution in [2.24, 2.45) is 5.41 Å². The number of benzene rings is 1. The summed E-state index contributed by atoms with van der Waals surface area (Å²) >= 11 is 6.67. The number of hydrogen-bond acceptors (Lipinski definition) is 2. The van der Waals surface area contributed by atoms with E-state index in [-0.39, 0.29) is 5.41 Å². The molecule has 140 valence electrons. The van der Waals surface area contributed by atoms with Crippen LogP contribution in [0.15, 0.2) is 42.7 Å². The number of pyridine rings is 1. The predicted molar refractivity (Wildman–Crippen MR) is 111 cm³/mol.